The summed E-state index contributed by atoms with van der Waals surface area (Å²) in [5.74, 6) is -0.428. The van der Waals surface area contributed by atoms with Gasteiger partial charge in [0.05, 0.1) is 24.1 Å². The van der Waals surface area contributed by atoms with Gasteiger partial charge < -0.3 is 25.0 Å². The summed E-state index contributed by atoms with van der Waals surface area (Å²) in [6.45, 7) is 9.84. The number of thioether (sulfide) groups is 1. The lowest BCUT2D eigenvalue weighted by atomic mass is 9.93. The quantitative estimate of drug-likeness (QED) is 0.221. The number of ether oxygens (including phenoxy) is 2. The van der Waals surface area contributed by atoms with E-state index in [4.69, 9.17) is 9.47 Å². The van der Waals surface area contributed by atoms with E-state index in [1.54, 1.807) is 36.0 Å². The van der Waals surface area contributed by atoms with Crippen molar-refractivity contribution in [1.82, 2.24) is 30.4 Å². The number of likely N-dealkylation sites (N-methyl/N-ethyl adjacent to an activating group) is 2. The summed E-state index contributed by atoms with van der Waals surface area (Å²) in [7, 11) is 5.04. The van der Waals surface area contributed by atoms with Crippen molar-refractivity contribution >= 4 is 64.1 Å². The predicted molar refractivity (Wildman–Crippen MR) is 203 cm³/mol. The number of nitrogens with zero attached hydrogens (tertiary/aromatic N) is 4. The number of carbonyl (C=O) groups excluding carboxylic acids is 5. The lowest BCUT2D eigenvalue weighted by molar-refractivity contribution is -0.149. The maximum absolute atomic E-state index is 14.2. The highest BCUT2D eigenvalue weighted by atomic mass is 32.2. The topological polar surface area (TPSA) is 160 Å². The molecule has 0 bridgehead atoms. The highest BCUT2D eigenvalue weighted by molar-refractivity contribution is 8.00. The molecule has 0 radical (unpaired) electrons. The van der Waals surface area contributed by atoms with Crippen LogP contribution in [0.2, 0.25) is 0 Å². The van der Waals surface area contributed by atoms with Crippen LogP contribution in [0.5, 0.6) is 0 Å². The zero-order chi connectivity index (χ0) is 38.1. The van der Waals surface area contributed by atoms with E-state index in [1.165, 1.54) is 36.7 Å². The van der Waals surface area contributed by atoms with Gasteiger partial charge in [-0.05, 0) is 57.2 Å². The molecule has 2 aromatic rings. The molecule has 2 aromatic heterocycles. The molecule has 13 nitrogen and oxygen atoms in total. The number of rotatable bonds is 17. The molecule has 2 N–H and O–H groups in total. The number of carbonyl (C=O) groups is 5. The van der Waals surface area contributed by atoms with E-state index in [0.717, 1.165) is 48.0 Å². The number of likely N-dealkylation sites (tertiary alicyclic amines) is 1. The molecule has 2 aliphatic rings. The van der Waals surface area contributed by atoms with Gasteiger partial charge in [-0.15, -0.1) is 22.7 Å². The molecular formula is C36H54N6O7S3. The van der Waals surface area contributed by atoms with E-state index in [9.17, 15) is 24.0 Å². The first-order chi connectivity index (χ1) is 24.7. The zero-order valence-electron chi connectivity index (χ0n) is 31.5. The van der Waals surface area contributed by atoms with E-state index in [0.29, 0.717) is 17.8 Å². The second kappa shape index (κ2) is 19.3. The minimum Gasteiger partial charge on any atom is -0.469 e. The summed E-state index contributed by atoms with van der Waals surface area (Å²) >= 11 is 4.45. The Bertz CT molecular complexity index is 1550. The Kier molecular flexibility index (Phi) is 15.5. The smallest absolute Gasteiger partial charge is 0.308 e. The number of thiazole rings is 2. The van der Waals surface area contributed by atoms with Crippen LogP contribution in [-0.4, -0.2) is 113 Å². The Balaban J connectivity index is 1.50. The van der Waals surface area contributed by atoms with Crippen LogP contribution in [0.15, 0.2) is 10.8 Å². The maximum atomic E-state index is 14.2. The summed E-state index contributed by atoms with van der Waals surface area (Å²) in [5, 5.41) is 11.0. The Morgan fingerprint density at radius 3 is 2.35 bits per heavy atom. The van der Waals surface area contributed by atoms with E-state index >= 15 is 0 Å². The molecule has 16 heteroatoms. The third kappa shape index (κ3) is 11.2. The van der Waals surface area contributed by atoms with Gasteiger partial charge in [-0.25, -0.2) is 9.97 Å². The van der Waals surface area contributed by atoms with Gasteiger partial charge in [-0.3, -0.25) is 28.9 Å². The lowest BCUT2D eigenvalue weighted by Crippen LogP contribution is -2.60. The minimum absolute atomic E-state index is 0.0293. The van der Waals surface area contributed by atoms with Gasteiger partial charge in [-0.2, -0.15) is 11.8 Å². The van der Waals surface area contributed by atoms with Crippen molar-refractivity contribution in [2.75, 3.05) is 39.3 Å². The largest absolute Gasteiger partial charge is 0.469 e. The third-order valence-corrected chi connectivity index (χ3v) is 13.1. The number of piperidine rings is 1. The second-order valence-corrected chi connectivity index (χ2v) is 17.3. The molecule has 3 amide bonds. The first-order valence-electron chi connectivity index (χ1n) is 18.0. The van der Waals surface area contributed by atoms with E-state index in [-0.39, 0.29) is 53.8 Å². The molecule has 288 valence electrons. The molecule has 0 aliphatic carbocycles. The highest BCUT2D eigenvalue weighted by Crippen LogP contribution is 2.33. The zero-order valence-corrected chi connectivity index (χ0v) is 34.0. The van der Waals surface area contributed by atoms with Crippen molar-refractivity contribution < 1.29 is 33.4 Å². The molecule has 2 saturated heterocycles. The summed E-state index contributed by atoms with van der Waals surface area (Å²) in [5.41, 5.74) is 1.04. The fraction of sp³-hybridized carbons (Fsp3) is 0.694. The van der Waals surface area contributed by atoms with Crippen LogP contribution in [0.3, 0.4) is 0 Å². The highest BCUT2D eigenvalue weighted by Gasteiger charge is 2.41. The maximum Gasteiger partial charge on any atom is 0.308 e. The number of amides is 3. The van der Waals surface area contributed by atoms with E-state index in [1.807, 2.05) is 33.2 Å². The number of nitrogens with one attached hydrogen (secondary N) is 2. The fourth-order valence-corrected chi connectivity index (χ4v) is 9.37. The minimum atomic E-state index is -0.816. The number of aryl methyl sites for hydroxylation is 1. The third-order valence-electron chi connectivity index (χ3n) is 9.85. The first kappa shape index (κ1) is 41.7. The summed E-state index contributed by atoms with van der Waals surface area (Å²) in [6, 6.07) is -1.68. The van der Waals surface area contributed by atoms with Crippen molar-refractivity contribution in [3.8, 4) is 0 Å². The predicted octanol–water partition coefficient (Wildman–Crippen LogP) is 4.26. The van der Waals surface area contributed by atoms with Crippen LogP contribution >= 0.6 is 34.4 Å². The molecule has 0 aromatic carbocycles. The Labute approximate surface area is 319 Å². The van der Waals surface area contributed by atoms with Gasteiger partial charge in [0.2, 0.25) is 11.8 Å². The Morgan fingerprint density at radius 1 is 1.04 bits per heavy atom. The number of aromatic nitrogens is 2. The number of hydrogen-bond donors (Lipinski definition) is 2. The normalized spacial score (nSPS) is 19.4. The van der Waals surface area contributed by atoms with Crippen molar-refractivity contribution in [2.45, 2.75) is 103 Å². The van der Waals surface area contributed by atoms with Crippen LogP contribution < -0.4 is 10.6 Å². The van der Waals surface area contributed by atoms with Gasteiger partial charge in [0.15, 0.2) is 6.10 Å². The number of methoxy groups -OCH3 is 1. The van der Waals surface area contributed by atoms with Gasteiger partial charge in [-0.1, -0.05) is 27.2 Å². The molecule has 6 atom stereocenters. The van der Waals surface area contributed by atoms with Crippen molar-refractivity contribution in [3.05, 3.63) is 32.2 Å². The van der Waals surface area contributed by atoms with Crippen LogP contribution in [0.1, 0.15) is 92.1 Å². The molecule has 4 heterocycles. The number of esters is 2. The monoisotopic (exact) mass is 778 g/mol. The molecule has 0 spiro atoms. The van der Waals surface area contributed by atoms with Gasteiger partial charge in [0, 0.05) is 61.3 Å². The first-order valence-corrected chi connectivity index (χ1v) is 20.9. The summed E-state index contributed by atoms with van der Waals surface area (Å²) < 4.78 is 10.7. The molecule has 2 aliphatic heterocycles. The lowest BCUT2D eigenvalue weighted by Gasteiger charge is -2.40. The average molecular weight is 779 g/mol. The standard InChI is InChI=1S/C36H54N6O7S3/c1-20(2)28(42(7)35(46)31(24-17-50-18-24)40-33(45)27-11-9-10-12-41(27)6)15-29(49-23(5)43)34-39-26(19-52-34)32(44)38-25(13-21(3)36(47)48-8)14-30-37-22(4)16-51-30/h16,19-21,24-25,27-29,31H,9-15,17-18H2,1-8H3,(H,38,44)(H,40,45)/t21-,25+,27+,28+,29+,31-/m0/s1. The Morgan fingerprint density at radius 2 is 1.77 bits per heavy atom. The van der Waals surface area contributed by atoms with Crippen LogP contribution in [-0.2, 0) is 35.1 Å². The van der Waals surface area contributed by atoms with Crippen LogP contribution in [0, 0.1) is 24.7 Å². The fourth-order valence-electron chi connectivity index (χ4n) is 6.79. The molecule has 52 heavy (non-hydrogen) atoms. The van der Waals surface area contributed by atoms with Crippen molar-refractivity contribution in [3.63, 3.8) is 0 Å². The van der Waals surface area contributed by atoms with E-state index < -0.39 is 36.0 Å². The van der Waals surface area contributed by atoms with Crippen molar-refractivity contribution in [1.29, 1.82) is 0 Å². The summed E-state index contributed by atoms with van der Waals surface area (Å²) in [4.78, 5) is 78.7. The molecule has 2 fully saturated rings. The van der Waals surface area contributed by atoms with Crippen LogP contribution in [0.25, 0.3) is 0 Å². The van der Waals surface area contributed by atoms with Gasteiger partial charge >= 0.3 is 11.9 Å². The van der Waals surface area contributed by atoms with Gasteiger partial charge in [0.25, 0.3) is 5.91 Å². The SMILES string of the molecule is COC(=O)[C@@H](C)C[C@H](Cc1nc(C)cs1)NC(=O)c1csc([C@@H](C[C@H](C(C)C)N(C)C(=O)[C@@H](NC(=O)[C@H]2CCCCN2C)C2CSC2)OC(C)=O)n1. The Hall–Kier alpha value is -3.08. The van der Waals surface area contributed by atoms with Crippen LogP contribution in [0.4, 0.5) is 0 Å². The van der Waals surface area contributed by atoms with Crippen molar-refractivity contribution in [2.24, 2.45) is 17.8 Å². The average Bonchev–Trinajstić information content (AvgIpc) is 3.73. The number of hydrogen-bond acceptors (Lipinski definition) is 13. The molecular weight excluding hydrogens is 725 g/mol. The molecule has 0 unspecified atom stereocenters. The second-order valence-electron chi connectivity index (χ2n) is 14.4. The van der Waals surface area contributed by atoms with E-state index in [2.05, 4.69) is 25.5 Å². The molecule has 4 rings (SSSR count). The molecule has 0 saturated carbocycles. The summed E-state index contributed by atoms with van der Waals surface area (Å²) in [6.07, 6.45) is 3.02. The van der Waals surface area contributed by atoms with Gasteiger partial charge in [0.1, 0.15) is 16.7 Å².